The molecule has 27 heavy (non-hydrogen) atoms. The van der Waals surface area contributed by atoms with E-state index < -0.39 is 12.0 Å². The number of rotatable bonds is 4. The van der Waals surface area contributed by atoms with Crippen molar-refractivity contribution in [1.29, 1.82) is 0 Å². The third-order valence-corrected chi connectivity index (χ3v) is 5.63. The van der Waals surface area contributed by atoms with Crippen molar-refractivity contribution in [3.05, 3.63) is 74.6 Å². The van der Waals surface area contributed by atoms with Gasteiger partial charge in [0.15, 0.2) is 10.00 Å². The van der Waals surface area contributed by atoms with Gasteiger partial charge in [0.25, 0.3) is 0 Å². The number of carboxylic acids is 1. The number of para-hydroxylation sites is 1. The van der Waals surface area contributed by atoms with Crippen LogP contribution >= 0.6 is 23.6 Å². The molecule has 0 aliphatic carbocycles. The zero-order valence-corrected chi connectivity index (χ0v) is 15.6. The number of benzene rings is 2. The normalized spacial score (nSPS) is 15.0. The lowest BCUT2D eigenvalue weighted by Crippen LogP contribution is -2.20. The Morgan fingerprint density at radius 2 is 1.85 bits per heavy atom. The third-order valence-electron chi connectivity index (χ3n) is 4.29. The van der Waals surface area contributed by atoms with Crippen molar-refractivity contribution in [3.63, 3.8) is 0 Å². The Morgan fingerprint density at radius 3 is 2.59 bits per heavy atom. The van der Waals surface area contributed by atoms with Crippen LogP contribution in [-0.2, 0) is 4.79 Å². The lowest BCUT2D eigenvalue weighted by atomic mass is 10.1. The largest absolute Gasteiger partial charge is 0.493 e. The van der Waals surface area contributed by atoms with Crippen LogP contribution in [0.2, 0.25) is 0 Å². The van der Waals surface area contributed by atoms with E-state index in [2.05, 4.69) is 4.99 Å². The number of hydrogen-bond donors (Lipinski definition) is 2. The van der Waals surface area contributed by atoms with Crippen LogP contribution in [0.5, 0.6) is 5.88 Å². The molecule has 0 fully saturated rings. The molecule has 1 aliphatic heterocycles. The van der Waals surface area contributed by atoms with Crippen LogP contribution in [-0.4, -0.2) is 27.0 Å². The number of aliphatic carboxylic acids is 1. The smallest absolute Gasteiger partial charge is 0.331 e. The van der Waals surface area contributed by atoms with E-state index in [1.807, 2.05) is 30.3 Å². The monoisotopic (exact) mass is 394 g/mol. The minimum atomic E-state index is -1.09. The van der Waals surface area contributed by atoms with Gasteiger partial charge in [-0.1, -0.05) is 48.5 Å². The molecule has 0 radical (unpaired) electrons. The summed E-state index contributed by atoms with van der Waals surface area (Å²) in [5, 5.41) is 20.5. The summed E-state index contributed by atoms with van der Waals surface area (Å²) in [5.74, 6) is -1.25. The average molecular weight is 394 g/mol. The molecule has 2 heterocycles. The van der Waals surface area contributed by atoms with Crippen molar-refractivity contribution >= 4 is 53.1 Å². The zero-order chi connectivity index (χ0) is 19.0. The van der Waals surface area contributed by atoms with Crippen LogP contribution < -0.4 is 0 Å². The fourth-order valence-corrected chi connectivity index (χ4v) is 4.36. The highest BCUT2D eigenvalue weighted by molar-refractivity contribution is 7.73. The molecule has 4 rings (SSSR count). The number of carboxylic acid groups (broad SMARTS) is 1. The molecule has 5 nitrogen and oxygen atoms in total. The van der Waals surface area contributed by atoms with E-state index in [4.69, 9.17) is 12.2 Å². The van der Waals surface area contributed by atoms with Gasteiger partial charge >= 0.3 is 5.97 Å². The minimum Gasteiger partial charge on any atom is -0.493 e. The predicted octanol–water partition coefficient (Wildman–Crippen LogP) is 4.92. The highest BCUT2D eigenvalue weighted by Crippen LogP contribution is 2.38. The van der Waals surface area contributed by atoms with Crippen molar-refractivity contribution in [2.45, 2.75) is 6.04 Å². The van der Waals surface area contributed by atoms with Crippen molar-refractivity contribution in [2.24, 2.45) is 4.99 Å². The molecule has 1 aromatic heterocycles. The number of carbonyl (C=O) groups is 1. The highest BCUT2D eigenvalue weighted by atomic mass is 32.1. The van der Waals surface area contributed by atoms with E-state index in [0.717, 1.165) is 16.8 Å². The van der Waals surface area contributed by atoms with Crippen molar-refractivity contribution in [2.75, 3.05) is 0 Å². The van der Waals surface area contributed by atoms with Crippen molar-refractivity contribution in [3.8, 4) is 5.88 Å². The third kappa shape index (κ3) is 3.11. The van der Waals surface area contributed by atoms with E-state index >= 15 is 0 Å². The number of aromatic hydroxyl groups is 1. The first-order valence-corrected chi connectivity index (χ1v) is 9.36. The van der Waals surface area contributed by atoms with E-state index in [-0.39, 0.29) is 5.88 Å². The maximum absolute atomic E-state index is 11.9. The first kappa shape index (κ1) is 17.4. The quantitative estimate of drug-likeness (QED) is 0.616. The van der Waals surface area contributed by atoms with E-state index in [9.17, 15) is 15.0 Å². The number of hydrogen-bond acceptors (Lipinski definition) is 5. The van der Waals surface area contributed by atoms with Gasteiger partial charge in [-0.25, -0.2) is 4.79 Å². The molecular weight excluding hydrogens is 380 g/mol. The van der Waals surface area contributed by atoms with E-state index in [1.165, 1.54) is 15.9 Å². The Hall–Kier alpha value is -3.03. The average Bonchev–Trinajstić information content (AvgIpc) is 3.19. The summed E-state index contributed by atoms with van der Waals surface area (Å²) in [7, 11) is 0. The number of aliphatic imine (C=N–C) groups is 1. The van der Waals surface area contributed by atoms with Gasteiger partial charge in [-0.3, -0.25) is 9.56 Å². The van der Waals surface area contributed by atoms with Crippen molar-refractivity contribution in [1.82, 2.24) is 4.57 Å². The maximum atomic E-state index is 11.9. The minimum absolute atomic E-state index is 0.161. The molecular formula is C20H14N2O3S2. The molecule has 2 N–H and O–H groups in total. The summed E-state index contributed by atoms with van der Waals surface area (Å²) >= 11 is 6.54. The van der Waals surface area contributed by atoms with Gasteiger partial charge in [-0.05, 0) is 29.9 Å². The fourth-order valence-electron chi connectivity index (χ4n) is 3.05. The summed E-state index contributed by atoms with van der Waals surface area (Å²) in [6.45, 7) is 0. The second-order valence-electron chi connectivity index (χ2n) is 5.95. The molecule has 1 unspecified atom stereocenters. The van der Waals surface area contributed by atoms with Crippen molar-refractivity contribution < 1.29 is 15.0 Å². The Labute approximate surface area is 164 Å². The van der Waals surface area contributed by atoms with Gasteiger partial charge in [0.1, 0.15) is 0 Å². The first-order chi connectivity index (χ1) is 13.1. The number of nitrogens with zero attached hydrogens (tertiary/aromatic N) is 2. The molecule has 0 saturated carbocycles. The maximum Gasteiger partial charge on any atom is 0.331 e. The summed E-state index contributed by atoms with van der Waals surface area (Å²) in [6, 6.07) is 15.3. The molecule has 2 aromatic carbocycles. The Bertz CT molecular complexity index is 1140. The standard InChI is InChI=1S/C20H14N2O3S2/c23-18-16(10-13-11-21-15-9-5-4-8-14(13)15)27-20(26)22(18)17(19(24)25)12-6-2-1-3-7-12/h1-11,17,23H,(H,24,25)/b13-10-. The predicted molar refractivity (Wildman–Crippen MR) is 109 cm³/mol. The SMILES string of the molecule is O=C(O)C(c1ccccc1)n1c(O)c(/C=C2/C=Nc3ccccc32)sc1=S. The number of aromatic nitrogens is 1. The molecule has 0 bridgehead atoms. The molecule has 0 saturated heterocycles. The summed E-state index contributed by atoms with van der Waals surface area (Å²) < 4.78 is 1.57. The molecule has 1 aliphatic rings. The Balaban J connectivity index is 1.82. The molecule has 7 heteroatoms. The van der Waals surface area contributed by atoms with Gasteiger partial charge in [-0.15, -0.1) is 11.3 Å². The van der Waals surface area contributed by atoms with Crippen LogP contribution in [0.1, 0.15) is 22.0 Å². The van der Waals surface area contributed by atoms with Crippen LogP contribution in [0.15, 0.2) is 59.6 Å². The molecule has 134 valence electrons. The van der Waals surface area contributed by atoms with Gasteiger partial charge in [0.2, 0.25) is 5.88 Å². The summed E-state index contributed by atoms with van der Waals surface area (Å²) in [5.41, 5.74) is 3.21. The number of allylic oxidation sites excluding steroid dienone is 1. The second-order valence-corrected chi connectivity index (χ2v) is 7.63. The van der Waals surface area contributed by atoms with Crippen LogP contribution in [0.25, 0.3) is 11.6 Å². The molecule has 0 amide bonds. The molecule has 3 aromatic rings. The van der Waals surface area contributed by atoms with Gasteiger partial charge in [0, 0.05) is 17.4 Å². The van der Waals surface area contributed by atoms with Crippen LogP contribution in [0.3, 0.4) is 0 Å². The topological polar surface area (TPSA) is 74.8 Å². The molecule has 0 spiro atoms. The Morgan fingerprint density at radius 1 is 1.15 bits per heavy atom. The lowest BCUT2D eigenvalue weighted by molar-refractivity contribution is -0.139. The summed E-state index contributed by atoms with van der Waals surface area (Å²) in [6.07, 6.45) is 3.51. The van der Waals surface area contributed by atoms with Gasteiger partial charge in [0.05, 0.1) is 10.6 Å². The number of thiazole rings is 1. The number of fused-ring (bicyclic) bond motifs is 1. The molecule has 1 atom stereocenters. The lowest BCUT2D eigenvalue weighted by Gasteiger charge is -2.15. The first-order valence-electron chi connectivity index (χ1n) is 8.13. The Kier molecular flexibility index (Phi) is 4.47. The fraction of sp³-hybridized carbons (Fsp3) is 0.0500. The van der Waals surface area contributed by atoms with Crippen LogP contribution in [0.4, 0.5) is 5.69 Å². The summed E-state index contributed by atoms with van der Waals surface area (Å²) in [4.78, 5) is 16.8. The van der Waals surface area contributed by atoms with Gasteiger partial charge < -0.3 is 10.2 Å². The van der Waals surface area contributed by atoms with Crippen LogP contribution in [0, 0.1) is 3.95 Å². The highest BCUT2D eigenvalue weighted by Gasteiger charge is 2.27. The van der Waals surface area contributed by atoms with E-state index in [0.29, 0.717) is 14.4 Å². The van der Waals surface area contributed by atoms with E-state index in [1.54, 1.807) is 36.6 Å². The van der Waals surface area contributed by atoms with Gasteiger partial charge in [-0.2, -0.15) is 0 Å². The second kappa shape index (κ2) is 6.94. The zero-order valence-electron chi connectivity index (χ0n) is 13.9.